The van der Waals surface area contributed by atoms with Crippen molar-refractivity contribution in [3.05, 3.63) is 18.5 Å². The number of amides is 1. The Labute approximate surface area is 151 Å². The Balaban J connectivity index is 1.36. The Kier molecular flexibility index (Phi) is 4.91. The van der Waals surface area contributed by atoms with Gasteiger partial charge in [-0.3, -0.25) is 4.79 Å². The minimum atomic E-state index is -2.46. The third kappa shape index (κ3) is 3.33. The average Bonchev–Trinajstić information content (AvgIpc) is 3.16. The van der Waals surface area contributed by atoms with Gasteiger partial charge in [-0.05, 0) is 44.4 Å². The number of alkyl halides is 2. The number of nitrogens with one attached hydrogen (secondary N) is 1. The molecule has 0 aromatic carbocycles. The summed E-state index contributed by atoms with van der Waals surface area (Å²) in [5.41, 5.74) is 0. The van der Waals surface area contributed by atoms with Gasteiger partial charge in [0.1, 0.15) is 12.4 Å². The van der Waals surface area contributed by atoms with E-state index in [1.165, 1.54) is 11.0 Å². The van der Waals surface area contributed by atoms with Crippen molar-refractivity contribution in [3.8, 4) is 0 Å². The maximum Gasteiger partial charge on any atom is 0.260 e. The van der Waals surface area contributed by atoms with Crippen molar-refractivity contribution < 1.29 is 13.6 Å². The van der Waals surface area contributed by atoms with E-state index < -0.39 is 12.5 Å². The highest BCUT2D eigenvalue weighted by molar-refractivity contribution is 5.79. The Morgan fingerprint density at radius 3 is 2.73 bits per heavy atom. The number of nitrogens with zero attached hydrogens (tertiary/aromatic N) is 4. The van der Waals surface area contributed by atoms with Crippen LogP contribution >= 0.6 is 0 Å². The molecule has 1 aliphatic carbocycles. The van der Waals surface area contributed by atoms with Crippen molar-refractivity contribution in [2.75, 3.05) is 18.4 Å². The fraction of sp³-hybridized carbons (Fsp3) is 0.722. The second-order valence-corrected chi connectivity index (χ2v) is 7.56. The van der Waals surface area contributed by atoms with Crippen molar-refractivity contribution >= 4 is 11.9 Å². The number of likely N-dealkylation sites (tertiary alicyclic amines) is 1. The minimum Gasteiger partial charge on any atom is -0.351 e. The van der Waals surface area contributed by atoms with Crippen LogP contribution in [0.15, 0.2) is 18.5 Å². The molecule has 6 nitrogen and oxygen atoms in total. The highest BCUT2D eigenvalue weighted by Gasteiger charge is 2.39. The van der Waals surface area contributed by atoms with E-state index >= 15 is 0 Å². The maximum atomic E-state index is 13.4. The summed E-state index contributed by atoms with van der Waals surface area (Å²) < 4.78 is 28.1. The second kappa shape index (κ2) is 7.32. The monoisotopic (exact) mass is 365 g/mol. The molecular formula is C18H25F2N5O. The zero-order chi connectivity index (χ0) is 18.1. The van der Waals surface area contributed by atoms with Crippen LogP contribution in [0.5, 0.6) is 0 Å². The molecule has 1 aromatic rings. The first-order valence-corrected chi connectivity index (χ1v) is 9.51. The Morgan fingerprint density at radius 1 is 1.23 bits per heavy atom. The van der Waals surface area contributed by atoms with E-state index in [1.54, 1.807) is 0 Å². The number of carbonyl (C=O) groups excluding carboxylic acids is 1. The molecular weight excluding hydrogens is 340 g/mol. The molecule has 3 aliphatic rings. The van der Waals surface area contributed by atoms with Gasteiger partial charge in [-0.25, -0.2) is 13.5 Å². The van der Waals surface area contributed by atoms with Gasteiger partial charge in [-0.2, -0.15) is 10.1 Å². The Hall–Kier alpha value is -1.99. The highest BCUT2D eigenvalue weighted by atomic mass is 19.3. The lowest BCUT2D eigenvalue weighted by Crippen LogP contribution is -2.47. The van der Waals surface area contributed by atoms with Gasteiger partial charge in [0.15, 0.2) is 0 Å². The lowest BCUT2D eigenvalue weighted by atomic mass is 9.84. The van der Waals surface area contributed by atoms with E-state index in [2.05, 4.69) is 27.6 Å². The summed E-state index contributed by atoms with van der Waals surface area (Å²) in [5.74, 6) is 1.08. The Bertz CT molecular complexity index is 668. The van der Waals surface area contributed by atoms with Crippen molar-refractivity contribution in [1.82, 2.24) is 19.7 Å². The number of hydrogen-bond donors (Lipinski definition) is 1. The third-order valence-corrected chi connectivity index (χ3v) is 6.03. The molecule has 0 unspecified atom stereocenters. The van der Waals surface area contributed by atoms with Crippen LogP contribution in [0.25, 0.3) is 0 Å². The van der Waals surface area contributed by atoms with Crippen molar-refractivity contribution in [2.24, 2.45) is 11.8 Å². The first-order valence-electron chi connectivity index (χ1n) is 9.51. The number of allylic oxidation sites excluding steroid dienone is 2. The number of aromatic nitrogens is 3. The highest BCUT2D eigenvalue weighted by Crippen LogP contribution is 2.35. The second-order valence-electron chi connectivity index (χ2n) is 7.56. The quantitative estimate of drug-likeness (QED) is 0.837. The van der Waals surface area contributed by atoms with Crippen LogP contribution in [-0.4, -0.2) is 51.1 Å². The van der Waals surface area contributed by atoms with Crippen molar-refractivity contribution in [3.63, 3.8) is 0 Å². The summed E-state index contributed by atoms with van der Waals surface area (Å²) in [6.07, 6.45) is 7.90. The van der Waals surface area contributed by atoms with Gasteiger partial charge in [-0.15, -0.1) is 0 Å². The molecule has 4 rings (SSSR count). The molecule has 1 aromatic heterocycles. The molecule has 1 amide bonds. The van der Waals surface area contributed by atoms with Gasteiger partial charge in [0.2, 0.25) is 11.9 Å². The van der Waals surface area contributed by atoms with Crippen LogP contribution in [-0.2, 0) is 4.79 Å². The summed E-state index contributed by atoms with van der Waals surface area (Å²) in [6.45, 7) is 1.43. The van der Waals surface area contributed by atoms with E-state index in [0.29, 0.717) is 25.5 Å². The predicted octanol–water partition coefficient (Wildman–Crippen LogP) is 2.86. The molecule has 0 saturated carbocycles. The van der Waals surface area contributed by atoms with Gasteiger partial charge in [0.25, 0.3) is 6.43 Å². The molecule has 3 heterocycles. The van der Waals surface area contributed by atoms with E-state index in [4.69, 9.17) is 0 Å². The SMILES string of the molecule is O=C([C@H]1CC=CCC1)N1CCC([C@@H]2C[C@H](C(F)F)n3ncnc3N2)CC1. The molecule has 0 bridgehead atoms. The van der Waals surface area contributed by atoms with E-state index in [1.807, 2.05) is 4.90 Å². The van der Waals surface area contributed by atoms with Gasteiger partial charge in [-0.1, -0.05) is 12.2 Å². The van der Waals surface area contributed by atoms with E-state index in [-0.39, 0.29) is 23.8 Å². The number of rotatable bonds is 3. The van der Waals surface area contributed by atoms with Crippen LogP contribution in [0.4, 0.5) is 14.7 Å². The number of hydrogen-bond acceptors (Lipinski definition) is 4. The normalized spacial score (nSPS) is 29.5. The molecule has 0 radical (unpaired) electrons. The fourth-order valence-electron chi connectivity index (χ4n) is 4.50. The summed E-state index contributed by atoms with van der Waals surface area (Å²) in [7, 11) is 0. The maximum absolute atomic E-state index is 13.4. The van der Waals surface area contributed by atoms with Crippen LogP contribution in [0, 0.1) is 11.8 Å². The van der Waals surface area contributed by atoms with Crippen molar-refractivity contribution in [2.45, 2.75) is 57.0 Å². The van der Waals surface area contributed by atoms with E-state index in [9.17, 15) is 13.6 Å². The lowest BCUT2D eigenvalue weighted by molar-refractivity contribution is -0.137. The lowest BCUT2D eigenvalue weighted by Gasteiger charge is -2.40. The average molecular weight is 365 g/mol. The van der Waals surface area contributed by atoms with Crippen LogP contribution in [0.1, 0.15) is 44.6 Å². The zero-order valence-electron chi connectivity index (χ0n) is 14.7. The van der Waals surface area contributed by atoms with Gasteiger partial charge < -0.3 is 10.2 Å². The summed E-state index contributed by atoms with van der Waals surface area (Å²) in [4.78, 5) is 18.7. The van der Waals surface area contributed by atoms with E-state index in [0.717, 1.165) is 32.1 Å². The number of fused-ring (bicyclic) bond motifs is 1. The third-order valence-electron chi connectivity index (χ3n) is 6.03. The number of anilines is 1. The number of piperidine rings is 1. The number of halogens is 2. The minimum absolute atomic E-state index is 0.0411. The summed E-state index contributed by atoms with van der Waals surface area (Å²) in [6, 6.07) is -0.965. The van der Waals surface area contributed by atoms with Crippen LogP contribution in [0.3, 0.4) is 0 Å². The smallest absolute Gasteiger partial charge is 0.260 e. The van der Waals surface area contributed by atoms with Gasteiger partial charge >= 0.3 is 0 Å². The van der Waals surface area contributed by atoms with Crippen LogP contribution in [0.2, 0.25) is 0 Å². The molecule has 1 saturated heterocycles. The van der Waals surface area contributed by atoms with Crippen LogP contribution < -0.4 is 5.32 Å². The molecule has 3 atom stereocenters. The first-order chi connectivity index (χ1) is 12.6. The van der Waals surface area contributed by atoms with Crippen molar-refractivity contribution in [1.29, 1.82) is 0 Å². The first kappa shape index (κ1) is 17.4. The molecule has 26 heavy (non-hydrogen) atoms. The predicted molar refractivity (Wildman–Crippen MR) is 92.9 cm³/mol. The Morgan fingerprint density at radius 2 is 2.04 bits per heavy atom. The molecule has 2 aliphatic heterocycles. The van der Waals surface area contributed by atoms with Gasteiger partial charge in [0, 0.05) is 25.0 Å². The fourth-order valence-corrected chi connectivity index (χ4v) is 4.50. The summed E-state index contributed by atoms with van der Waals surface area (Å²) in [5, 5.41) is 7.21. The molecule has 8 heteroatoms. The molecule has 1 N–H and O–H groups in total. The topological polar surface area (TPSA) is 63.1 Å². The molecule has 142 valence electrons. The summed E-state index contributed by atoms with van der Waals surface area (Å²) >= 11 is 0. The number of carbonyl (C=O) groups is 1. The standard InChI is InChI=1S/C18H25F2N5O/c19-16(20)15-10-14(23-18-21-11-22-25(15)18)12-6-8-24(9-7-12)17(26)13-4-2-1-3-5-13/h1-2,11-16H,3-10H2,(H,21,22,23)/t13-,14-,15+/m0/s1. The molecule has 1 fully saturated rings. The largest absolute Gasteiger partial charge is 0.351 e. The van der Waals surface area contributed by atoms with Gasteiger partial charge in [0.05, 0.1) is 0 Å². The zero-order valence-corrected chi connectivity index (χ0v) is 14.7. The molecule has 0 spiro atoms.